The van der Waals surface area contributed by atoms with Crippen LogP contribution in [-0.4, -0.2) is 44.8 Å². The molecular formula is C5H8Cl2O4. The summed E-state index contributed by atoms with van der Waals surface area (Å²) in [6.07, 6.45) is -3.65. The standard InChI is InChI=1S/C5H8Cl2O4/c6-5(7)3(9)2(1-8)11-4(5)10/h2-4,8-10H,1H2/t2-,3-,4?/m1/s1. The third-order valence-electron chi connectivity index (χ3n) is 1.56. The lowest BCUT2D eigenvalue weighted by molar-refractivity contribution is -0.109. The summed E-state index contributed by atoms with van der Waals surface area (Å²) < 4.78 is 2.89. The van der Waals surface area contributed by atoms with Crippen LogP contribution < -0.4 is 0 Å². The first-order valence-electron chi connectivity index (χ1n) is 3.00. The van der Waals surface area contributed by atoms with E-state index in [0.29, 0.717) is 0 Å². The molecule has 1 rings (SSSR count). The molecule has 11 heavy (non-hydrogen) atoms. The van der Waals surface area contributed by atoms with Crippen LogP contribution in [0.15, 0.2) is 0 Å². The Morgan fingerprint density at radius 1 is 1.36 bits per heavy atom. The Bertz CT molecular complexity index is 151. The van der Waals surface area contributed by atoms with Crippen molar-refractivity contribution in [2.75, 3.05) is 6.61 Å². The molecule has 1 aliphatic rings. The lowest BCUT2D eigenvalue weighted by Gasteiger charge is -2.18. The lowest BCUT2D eigenvalue weighted by atomic mass is 10.2. The molecule has 66 valence electrons. The second-order valence-corrected chi connectivity index (χ2v) is 3.77. The number of aliphatic hydroxyl groups excluding tert-OH is 3. The normalized spacial score (nSPS) is 42.8. The van der Waals surface area contributed by atoms with Crippen molar-refractivity contribution in [1.82, 2.24) is 0 Å². The van der Waals surface area contributed by atoms with E-state index in [4.69, 9.17) is 33.4 Å². The monoisotopic (exact) mass is 202 g/mol. The van der Waals surface area contributed by atoms with Gasteiger partial charge in [-0.25, -0.2) is 0 Å². The largest absolute Gasteiger partial charge is 0.394 e. The highest BCUT2D eigenvalue weighted by atomic mass is 35.5. The van der Waals surface area contributed by atoms with Crippen molar-refractivity contribution in [3.05, 3.63) is 0 Å². The van der Waals surface area contributed by atoms with E-state index in [0.717, 1.165) is 0 Å². The average Bonchev–Trinajstić information content (AvgIpc) is 2.14. The SMILES string of the molecule is OC[C@H]1OC(O)C(Cl)(Cl)[C@@H]1O. The quantitative estimate of drug-likeness (QED) is 0.489. The predicted molar refractivity (Wildman–Crippen MR) is 38.4 cm³/mol. The number of aliphatic hydroxyl groups is 3. The molecule has 0 amide bonds. The summed E-state index contributed by atoms with van der Waals surface area (Å²) in [5.74, 6) is 0. The Morgan fingerprint density at radius 3 is 2.09 bits per heavy atom. The molecule has 0 aliphatic carbocycles. The van der Waals surface area contributed by atoms with Crippen LogP contribution in [0.3, 0.4) is 0 Å². The maximum absolute atomic E-state index is 9.18. The van der Waals surface area contributed by atoms with Crippen LogP contribution in [0.2, 0.25) is 0 Å². The van der Waals surface area contributed by atoms with Crippen LogP contribution in [0.5, 0.6) is 0 Å². The van der Waals surface area contributed by atoms with Crippen molar-refractivity contribution >= 4 is 23.2 Å². The second-order valence-electron chi connectivity index (χ2n) is 2.33. The minimum Gasteiger partial charge on any atom is -0.394 e. The molecule has 0 saturated carbocycles. The van der Waals surface area contributed by atoms with Crippen LogP contribution >= 0.6 is 23.2 Å². The zero-order valence-electron chi connectivity index (χ0n) is 5.44. The van der Waals surface area contributed by atoms with Gasteiger partial charge in [-0.3, -0.25) is 0 Å². The van der Waals surface area contributed by atoms with Crippen molar-refractivity contribution in [3.8, 4) is 0 Å². The Balaban J connectivity index is 2.71. The number of halogens is 2. The molecule has 0 aromatic carbocycles. The summed E-state index contributed by atoms with van der Waals surface area (Å²) >= 11 is 10.9. The second kappa shape index (κ2) is 3.05. The molecule has 0 spiro atoms. The Labute approximate surface area is 73.3 Å². The number of rotatable bonds is 1. The molecule has 1 saturated heterocycles. The molecule has 6 heteroatoms. The van der Waals surface area contributed by atoms with Crippen LogP contribution in [0.4, 0.5) is 0 Å². The first-order chi connectivity index (χ1) is 5.00. The molecule has 0 aromatic rings. The van der Waals surface area contributed by atoms with E-state index >= 15 is 0 Å². The van der Waals surface area contributed by atoms with Gasteiger partial charge in [0, 0.05) is 0 Å². The van der Waals surface area contributed by atoms with E-state index in [1.807, 2.05) is 0 Å². The fraction of sp³-hybridized carbons (Fsp3) is 1.00. The van der Waals surface area contributed by atoms with Crippen LogP contribution in [0.1, 0.15) is 0 Å². The summed E-state index contributed by atoms with van der Waals surface area (Å²) in [5.41, 5.74) is 0. The van der Waals surface area contributed by atoms with Crippen LogP contribution in [0.25, 0.3) is 0 Å². The summed E-state index contributed by atoms with van der Waals surface area (Å²) in [6, 6.07) is 0. The molecule has 1 unspecified atom stereocenters. The van der Waals surface area contributed by atoms with Crippen molar-refractivity contribution in [2.24, 2.45) is 0 Å². The summed E-state index contributed by atoms with van der Waals surface area (Å²) in [4.78, 5) is 0. The fourth-order valence-corrected chi connectivity index (χ4v) is 1.25. The van der Waals surface area contributed by atoms with Gasteiger partial charge in [0.25, 0.3) is 0 Å². The van der Waals surface area contributed by atoms with E-state index in [-0.39, 0.29) is 0 Å². The van der Waals surface area contributed by atoms with Crippen molar-refractivity contribution in [2.45, 2.75) is 22.8 Å². The molecule has 3 N–H and O–H groups in total. The first-order valence-corrected chi connectivity index (χ1v) is 3.76. The van der Waals surface area contributed by atoms with Gasteiger partial charge in [-0.15, -0.1) is 0 Å². The van der Waals surface area contributed by atoms with Gasteiger partial charge in [-0.1, -0.05) is 23.2 Å². The lowest BCUT2D eigenvalue weighted by Crippen LogP contribution is -2.38. The Kier molecular flexibility index (Phi) is 2.63. The topological polar surface area (TPSA) is 69.9 Å². The maximum atomic E-state index is 9.18. The fourth-order valence-electron chi connectivity index (χ4n) is 0.868. The third-order valence-corrected chi connectivity index (χ3v) is 2.38. The summed E-state index contributed by atoms with van der Waals surface area (Å²) in [5, 5.41) is 26.7. The number of alkyl halides is 2. The van der Waals surface area contributed by atoms with Gasteiger partial charge in [0.15, 0.2) is 10.6 Å². The van der Waals surface area contributed by atoms with Crippen molar-refractivity contribution in [1.29, 1.82) is 0 Å². The molecule has 1 aliphatic heterocycles. The van der Waals surface area contributed by atoms with Crippen LogP contribution in [-0.2, 0) is 4.74 Å². The summed E-state index contributed by atoms with van der Waals surface area (Å²) in [6.45, 7) is -0.431. The zero-order valence-corrected chi connectivity index (χ0v) is 6.96. The van der Waals surface area contributed by atoms with Gasteiger partial charge in [0.2, 0.25) is 0 Å². The molecule has 1 heterocycles. The molecule has 0 bridgehead atoms. The van der Waals surface area contributed by atoms with E-state index in [1.54, 1.807) is 0 Å². The highest BCUT2D eigenvalue weighted by Gasteiger charge is 2.53. The van der Waals surface area contributed by atoms with Gasteiger partial charge < -0.3 is 20.1 Å². The van der Waals surface area contributed by atoms with E-state index in [9.17, 15) is 5.11 Å². The van der Waals surface area contributed by atoms with Crippen molar-refractivity contribution < 1.29 is 20.1 Å². The van der Waals surface area contributed by atoms with Gasteiger partial charge in [-0.2, -0.15) is 0 Å². The van der Waals surface area contributed by atoms with E-state index in [1.165, 1.54) is 0 Å². The van der Waals surface area contributed by atoms with Gasteiger partial charge >= 0.3 is 0 Å². The number of ether oxygens (including phenoxy) is 1. The van der Waals surface area contributed by atoms with Gasteiger partial charge in [0.1, 0.15) is 12.2 Å². The molecule has 4 nitrogen and oxygen atoms in total. The molecule has 3 atom stereocenters. The molecule has 1 fully saturated rings. The highest BCUT2D eigenvalue weighted by molar-refractivity contribution is 6.49. The zero-order chi connectivity index (χ0) is 8.65. The van der Waals surface area contributed by atoms with Gasteiger partial charge in [0.05, 0.1) is 6.61 Å². The first kappa shape index (κ1) is 9.51. The van der Waals surface area contributed by atoms with E-state index in [2.05, 4.69) is 4.74 Å². The maximum Gasteiger partial charge on any atom is 0.196 e. The minimum absolute atomic E-state index is 0.431. The molecular weight excluding hydrogens is 195 g/mol. The number of hydrogen-bond acceptors (Lipinski definition) is 4. The third kappa shape index (κ3) is 1.47. The van der Waals surface area contributed by atoms with Gasteiger partial charge in [-0.05, 0) is 0 Å². The smallest absolute Gasteiger partial charge is 0.196 e. The molecule has 0 aromatic heterocycles. The summed E-state index contributed by atoms with van der Waals surface area (Å²) in [7, 11) is 0. The Hall–Kier alpha value is 0.420. The predicted octanol–water partition coefficient (Wildman–Crippen LogP) is -0.769. The Morgan fingerprint density at radius 2 is 1.91 bits per heavy atom. The van der Waals surface area contributed by atoms with Crippen molar-refractivity contribution in [3.63, 3.8) is 0 Å². The average molecular weight is 203 g/mol. The highest BCUT2D eigenvalue weighted by Crippen LogP contribution is 2.38. The molecule has 0 radical (unpaired) electrons. The number of hydrogen-bond donors (Lipinski definition) is 3. The minimum atomic E-state index is -1.74. The van der Waals surface area contributed by atoms with E-state index < -0.39 is 29.4 Å². The van der Waals surface area contributed by atoms with Crippen LogP contribution in [0, 0.1) is 0 Å².